The molecule has 0 radical (unpaired) electrons. The molecule has 4 rings (SSSR count). The summed E-state index contributed by atoms with van der Waals surface area (Å²) in [6.45, 7) is 5.52. The minimum atomic E-state index is -5.08. The number of alkyl halides is 3. The third-order valence-corrected chi connectivity index (χ3v) is 4.62. The second kappa shape index (κ2) is 8.58. The summed E-state index contributed by atoms with van der Waals surface area (Å²) < 4.78 is 33.5. The van der Waals surface area contributed by atoms with Crippen molar-refractivity contribution in [1.29, 1.82) is 0 Å². The van der Waals surface area contributed by atoms with Crippen LogP contribution in [0, 0.1) is 13.8 Å². The van der Waals surface area contributed by atoms with Gasteiger partial charge in [-0.15, -0.1) is 0 Å². The number of aromatic nitrogens is 5. The third kappa shape index (κ3) is 4.90. The van der Waals surface area contributed by atoms with Gasteiger partial charge in [0.1, 0.15) is 11.6 Å². The van der Waals surface area contributed by atoms with Crippen molar-refractivity contribution < 1.29 is 23.1 Å². The lowest BCUT2D eigenvalue weighted by atomic mass is 10.0. The van der Waals surface area contributed by atoms with Crippen molar-refractivity contribution in [3.63, 3.8) is 0 Å². The number of halogens is 3. The summed E-state index contributed by atoms with van der Waals surface area (Å²) in [5.74, 6) is -0.284. The molecule has 164 valence electrons. The van der Waals surface area contributed by atoms with Crippen LogP contribution >= 0.6 is 0 Å². The fourth-order valence-corrected chi connectivity index (χ4v) is 3.17. The van der Waals surface area contributed by atoms with Gasteiger partial charge in [0.15, 0.2) is 5.82 Å². The Kier molecular flexibility index (Phi) is 6.09. The van der Waals surface area contributed by atoms with Crippen molar-refractivity contribution in [2.24, 2.45) is 0 Å². The Hall–Kier alpha value is -3.70. The van der Waals surface area contributed by atoms with Crippen molar-refractivity contribution in [2.75, 3.05) is 17.2 Å². The van der Waals surface area contributed by atoms with Crippen molar-refractivity contribution in [3.8, 4) is 5.82 Å². The number of fused-ring (bicyclic) bond motifs is 1. The minimum Gasteiger partial charge on any atom is -0.475 e. The normalized spacial score (nSPS) is 13.3. The number of aryl methyl sites for hydroxylation is 1. The standard InChI is InChI=1S/C17H19N7.C2HF3O2/c1-11-16(21-12(2)22-17(11)24-8-3-6-20-24)23-9-5-15-13(10-23)14(18)4-7-19-15;3-2(4,5)1(6)7/h3-4,6-8H,5,9-10H2,1-2H3,(H2,18,19);(H,6,7). The highest BCUT2D eigenvalue weighted by Crippen LogP contribution is 2.29. The van der Waals surface area contributed by atoms with E-state index in [1.807, 2.05) is 32.2 Å². The summed E-state index contributed by atoms with van der Waals surface area (Å²) in [4.78, 5) is 24.8. The number of rotatable bonds is 2. The zero-order valence-electron chi connectivity index (χ0n) is 16.8. The van der Waals surface area contributed by atoms with E-state index in [4.69, 9.17) is 15.6 Å². The molecule has 0 saturated heterocycles. The molecular weight excluding hydrogens is 415 g/mol. The molecule has 1 aliphatic heterocycles. The highest BCUT2D eigenvalue weighted by molar-refractivity contribution is 5.73. The van der Waals surface area contributed by atoms with Gasteiger partial charge < -0.3 is 15.7 Å². The maximum Gasteiger partial charge on any atom is 0.490 e. The minimum absolute atomic E-state index is 0.713. The van der Waals surface area contributed by atoms with E-state index in [2.05, 4.69) is 25.0 Å². The Morgan fingerprint density at radius 2 is 1.87 bits per heavy atom. The van der Waals surface area contributed by atoms with Crippen LogP contribution in [0.15, 0.2) is 30.7 Å². The number of carbonyl (C=O) groups is 1. The van der Waals surface area contributed by atoms with Crippen LogP contribution in [-0.2, 0) is 17.8 Å². The molecule has 9 nitrogen and oxygen atoms in total. The lowest BCUT2D eigenvalue weighted by Gasteiger charge is -2.31. The van der Waals surface area contributed by atoms with Gasteiger partial charge >= 0.3 is 12.1 Å². The van der Waals surface area contributed by atoms with E-state index in [9.17, 15) is 13.2 Å². The summed E-state index contributed by atoms with van der Waals surface area (Å²) in [7, 11) is 0. The van der Waals surface area contributed by atoms with Gasteiger partial charge in [0.05, 0.1) is 0 Å². The molecule has 4 heterocycles. The quantitative estimate of drug-likeness (QED) is 0.629. The van der Waals surface area contributed by atoms with Crippen LogP contribution in [0.25, 0.3) is 5.82 Å². The number of nitrogens with zero attached hydrogens (tertiary/aromatic N) is 6. The summed E-state index contributed by atoms with van der Waals surface area (Å²) in [5, 5.41) is 11.4. The summed E-state index contributed by atoms with van der Waals surface area (Å²) >= 11 is 0. The van der Waals surface area contributed by atoms with Gasteiger partial charge in [0, 0.05) is 60.6 Å². The van der Waals surface area contributed by atoms with E-state index in [-0.39, 0.29) is 0 Å². The molecular formula is C19H20F3N7O2. The van der Waals surface area contributed by atoms with Crippen molar-refractivity contribution >= 4 is 17.5 Å². The van der Waals surface area contributed by atoms with E-state index in [0.29, 0.717) is 6.54 Å². The highest BCUT2D eigenvalue weighted by Gasteiger charge is 2.38. The van der Waals surface area contributed by atoms with Crippen molar-refractivity contribution in [1.82, 2.24) is 24.7 Å². The molecule has 0 amide bonds. The van der Waals surface area contributed by atoms with Crippen LogP contribution in [-0.4, -0.2) is 48.5 Å². The van der Waals surface area contributed by atoms with Gasteiger partial charge in [0.2, 0.25) is 0 Å². The topological polar surface area (TPSA) is 123 Å². The summed E-state index contributed by atoms with van der Waals surface area (Å²) in [5.41, 5.74) is 10.1. The van der Waals surface area contributed by atoms with E-state index >= 15 is 0 Å². The maximum absolute atomic E-state index is 10.6. The summed E-state index contributed by atoms with van der Waals surface area (Å²) in [6, 6.07) is 3.75. The molecule has 12 heteroatoms. The van der Waals surface area contributed by atoms with Crippen LogP contribution in [0.3, 0.4) is 0 Å². The van der Waals surface area contributed by atoms with Gasteiger partial charge in [0.25, 0.3) is 0 Å². The van der Waals surface area contributed by atoms with Crippen LogP contribution in [0.4, 0.5) is 24.7 Å². The SMILES string of the molecule is Cc1nc(N2CCc3nccc(N)c3C2)c(C)c(-n2cccn2)n1.O=C(O)C(F)(F)F. The van der Waals surface area contributed by atoms with E-state index < -0.39 is 12.1 Å². The monoisotopic (exact) mass is 435 g/mol. The first kappa shape index (κ1) is 22.0. The number of aliphatic carboxylic acids is 1. The molecule has 3 aromatic rings. The van der Waals surface area contributed by atoms with Gasteiger partial charge in [-0.25, -0.2) is 19.4 Å². The Morgan fingerprint density at radius 1 is 1.19 bits per heavy atom. The van der Waals surface area contributed by atoms with Crippen molar-refractivity contribution in [2.45, 2.75) is 33.0 Å². The molecule has 0 aliphatic carbocycles. The Labute approximate surface area is 175 Å². The first-order valence-corrected chi connectivity index (χ1v) is 9.20. The molecule has 0 atom stereocenters. The second-order valence-electron chi connectivity index (χ2n) is 6.79. The van der Waals surface area contributed by atoms with Gasteiger partial charge in [-0.1, -0.05) is 0 Å². The number of hydrogen-bond donors (Lipinski definition) is 2. The zero-order valence-corrected chi connectivity index (χ0v) is 16.8. The largest absolute Gasteiger partial charge is 0.490 e. The first-order chi connectivity index (χ1) is 14.6. The predicted molar refractivity (Wildman–Crippen MR) is 106 cm³/mol. The Bertz CT molecular complexity index is 1080. The number of hydrogen-bond acceptors (Lipinski definition) is 7. The number of anilines is 2. The molecule has 0 aromatic carbocycles. The molecule has 0 bridgehead atoms. The van der Waals surface area contributed by atoms with Gasteiger partial charge in [-0.2, -0.15) is 18.3 Å². The van der Waals surface area contributed by atoms with Gasteiger partial charge in [-0.3, -0.25) is 4.98 Å². The van der Waals surface area contributed by atoms with E-state index in [0.717, 1.165) is 52.9 Å². The number of carboxylic acid groups (broad SMARTS) is 1. The number of nitrogen functional groups attached to an aromatic ring is 1. The molecule has 0 unspecified atom stereocenters. The van der Waals surface area contributed by atoms with Crippen LogP contribution in [0.2, 0.25) is 0 Å². The van der Waals surface area contributed by atoms with Gasteiger partial charge in [-0.05, 0) is 26.0 Å². The molecule has 31 heavy (non-hydrogen) atoms. The lowest BCUT2D eigenvalue weighted by Crippen LogP contribution is -2.33. The fraction of sp³-hybridized carbons (Fsp3) is 0.316. The molecule has 0 spiro atoms. The zero-order chi connectivity index (χ0) is 22.8. The van der Waals surface area contributed by atoms with E-state index in [1.54, 1.807) is 17.1 Å². The van der Waals surface area contributed by atoms with E-state index in [1.165, 1.54) is 0 Å². The smallest absolute Gasteiger partial charge is 0.475 e. The Balaban J connectivity index is 0.000000339. The first-order valence-electron chi connectivity index (χ1n) is 9.20. The lowest BCUT2D eigenvalue weighted by molar-refractivity contribution is -0.192. The Morgan fingerprint density at radius 3 is 2.48 bits per heavy atom. The maximum atomic E-state index is 10.6. The average Bonchev–Trinajstić information content (AvgIpc) is 3.24. The molecule has 1 aliphatic rings. The van der Waals surface area contributed by atoms with Crippen molar-refractivity contribution in [3.05, 3.63) is 53.4 Å². The fourth-order valence-electron chi connectivity index (χ4n) is 3.17. The second-order valence-corrected chi connectivity index (χ2v) is 6.79. The molecule has 0 saturated carbocycles. The number of carboxylic acids is 1. The number of nitrogens with two attached hydrogens (primary N) is 1. The molecule has 0 fully saturated rings. The average molecular weight is 435 g/mol. The van der Waals surface area contributed by atoms with Crippen LogP contribution in [0.5, 0.6) is 0 Å². The number of pyridine rings is 1. The molecule has 3 N–H and O–H groups in total. The highest BCUT2D eigenvalue weighted by atomic mass is 19.4. The third-order valence-electron chi connectivity index (χ3n) is 4.62. The summed E-state index contributed by atoms with van der Waals surface area (Å²) in [6.07, 6.45) is 1.20. The van der Waals surface area contributed by atoms with Crippen LogP contribution < -0.4 is 10.6 Å². The van der Waals surface area contributed by atoms with Crippen LogP contribution in [0.1, 0.15) is 22.6 Å². The molecule has 3 aromatic heterocycles. The predicted octanol–water partition coefficient (Wildman–Crippen LogP) is 2.45.